The van der Waals surface area contributed by atoms with Gasteiger partial charge >= 0.3 is 0 Å². The van der Waals surface area contributed by atoms with Crippen molar-refractivity contribution in [2.75, 3.05) is 5.32 Å². The van der Waals surface area contributed by atoms with Gasteiger partial charge in [-0.15, -0.1) is 0 Å². The third-order valence-electron chi connectivity index (χ3n) is 4.45. The van der Waals surface area contributed by atoms with Crippen molar-refractivity contribution in [2.24, 2.45) is 5.10 Å². The van der Waals surface area contributed by atoms with Gasteiger partial charge < -0.3 is 10.1 Å². The molecule has 0 bridgehead atoms. The molecule has 0 heterocycles. The van der Waals surface area contributed by atoms with Crippen LogP contribution in [0.25, 0.3) is 0 Å². The van der Waals surface area contributed by atoms with E-state index >= 15 is 0 Å². The van der Waals surface area contributed by atoms with Crippen LogP contribution >= 0.6 is 0 Å². The summed E-state index contributed by atoms with van der Waals surface area (Å²) in [5.41, 5.74) is 6.29. The maximum Gasteiger partial charge on any atom is 0.240 e. The molecule has 2 amide bonds. The Bertz CT molecular complexity index is 1010. The highest BCUT2D eigenvalue weighted by atomic mass is 16.5. The van der Waals surface area contributed by atoms with Gasteiger partial charge in [0.1, 0.15) is 12.4 Å². The van der Waals surface area contributed by atoms with E-state index < -0.39 is 0 Å². The van der Waals surface area contributed by atoms with Gasteiger partial charge in [-0.1, -0.05) is 48.0 Å². The Morgan fingerprint density at radius 1 is 0.871 bits per heavy atom. The van der Waals surface area contributed by atoms with Crippen LogP contribution in [-0.4, -0.2) is 18.0 Å². The molecule has 0 radical (unpaired) electrons. The number of nitrogens with zero attached hydrogens (tertiary/aromatic N) is 1. The zero-order valence-corrected chi connectivity index (χ0v) is 17.4. The van der Waals surface area contributed by atoms with Crippen LogP contribution in [0, 0.1) is 6.92 Å². The van der Waals surface area contributed by atoms with Crippen molar-refractivity contribution in [3.05, 3.63) is 95.6 Å². The number of rotatable bonds is 9. The van der Waals surface area contributed by atoms with Gasteiger partial charge in [0.25, 0.3) is 0 Å². The lowest BCUT2D eigenvalue weighted by atomic mass is 10.2. The first kappa shape index (κ1) is 21.8. The summed E-state index contributed by atoms with van der Waals surface area (Å²) in [4.78, 5) is 23.7. The molecule has 2 N–H and O–H groups in total. The van der Waals surface area contributed by atoms with E-state index in [1.165, 1.54) is 5.56 Å². The largest absolute Gasteiger partial charge is 0.489 e. The zero-order valence-electron chi connectivity index (χ0n) is 17.4. The molecular formula is C25H25N3O3. The first-order valence-corrected chi connectivity index (χ1v) is 10.0. The Morgan fingerprint density at radius 2 is 1.55 bits per heavy atom. The number of carbonyl (C=O) groups is 2. The van der Waals surface area contributed by atoms with Crippen LogP contribution in [0.3, 0.4) is 0 Å². The van der Waals surface area contributed by atoms with E-state index in [2.05, 4.69) is 34.9 Å². The summed E-state index contributed by atoms with van der Waals surface area (Å²) >= 11 is 0. The first-order valence-electron chi connectivity index (χ1n) is 10.0. The van der Waals surface area contributed by atoms with Crippen molar-refractivity contribution in [3.63, 3.8) is 0 Å². The summed E-state index contributed by atoms with van der Waals surface area (Å²) in [6.45, 7) is 2.55. The summed E-state index contributed by atoms with van der Waals surface area (Å²) in [5.74, 6) is 0.218. The second-order valence-electron chi connectivity index (χ2n) is 7.05. The molecule has 6 nitrogen and oxygen atoms in total. The Hall–Kier alpha value is -3.93. The minimum absolute atomic E-state index is 0.0573. The smallest absolute Gasteiger partial charge is 0.240 e. The van der Waals surface area contributed by atoms with Gasteiger partial charge in [-0.25, -0.2) is 5.43 Å². The van der Waals surface area contributed by atoms with E-state index in [-0.39, 0.29) is 24.7 Å². The first-order chi connectivity index (χ1) is 15.1. The van der Waals surface area contributed by atoms with E-state index in [9.17, 15) is 9.59 Å². The van der Waals surface area contributed by atoms with Crippen LogP contribution in [0.1, 0.15) is 29.5 Å². The summed E-state index contributed by atoms with van der Waals surface area (Å²) < 4.78 is 5.77. The van der Waals surface area contributed by atoms with Crippen LogP contribution in [0.4, 0.5) is 5.69 Å². The lowest BCUT2D eigenvalue weighted by Gasteiger charge is -2.07. The molecule has 3 aromatic carbocycles. The Morgan fingerprint density at radius 3 is 2.26 bits per heavy atom. The number of carbonyl (C=O) groups excluding carboxylic acids is 2. The van der Waals surface area contributed by atoms with Crippen molar-refractivity contribution < 1.29 is 14.3 Å². The van der Waals surface area contributed by atoms with Gasteiger partial charge in [-0.05, 0) is 54.4 Å². The number of ether oxygens (including phenoxy) is 1. The van der Waals surface area contributed by atoms with Crippen molar-refractivity contribution in [1.29, 1.82) is 0 Å². The Labute approximate surface area is 182 Å². The fourth-order valence-corrected chi connectivity index (χ4v) is 2.71. The minimum Gasteiger partial charge on any atom is -0.489 e. The molecule has 0 fully saturated rings. The zero-order chi connectivity index (χ0) is 21.9. The van der Waals surface area contributed by atoms with Crippen LogP contribution in [0.2, 0.25) is 0 Å². The lowest BCUT2D eigenvalue weighted by molar-refractivity contribution is -0.124. The fraction of sp³-hybridized carbons (Fsp3) is 0.160. The van der Waals surface area contributed by atoms with Gasteiger partial charge in [0, 0.05) is 18.5 Å². The summed E-state index contributed by atoms with van der Waals surface area (Å²) in [6, 6.07) is 24.7. The number of para-hydroxylation sites is 1. The van der Waals surface area contributed by atoms with Gasteiger partial charge in [0.15, 0.2) is 0 Å². The quantitative estimate of drug-likeness (QED) is 0.400. The van der Waals surface area contributed by atoms with Gasteiger partial charge in [-0.2, -0.15) is 5.10 Å². The molecule has 31 heavy (non-hydrogen) atoms. The number of nitrogens with one attached hydrogen (secondary N) is 2. The molecule has 0 unspecified atom stereocenters. The predicted molar refractivity (Wildman–Crippen MR) is 122 cm³/mol. The topological polar surface area (TPSA) is 79.8 Å². The number of hydrogen-bond donors (Lipinski definition) is 2. The highest BCUT2D eigenvalue weighted by molar-refractivity contribution is 5.93. The molecule has 0 aliphatic heterocycles. The molecule has 3 aromatic rings. The van der Waals surface area contributed by atoms with Gasteiger partial charge in [0.2, 0.25) is 11.8 Å². The van der Waals surface area contributed by atoms with Crippen molar-refractivity contribution in [1.82, 2.24) is 5.43 Å². The van der Waals surface area contributed by atoms with Gasteiger partial charge in [-0.3, -0.25) is 9.59 Å². The SMILES string of the molecule is Cc1ccc(COc2ccc(C=NNC(=O)CCC(=O)Nc3ccccc3)cc2)cc1. The van der Waals surface area contributed by atoms with Crippen LogP contribution in [0.5, 0.6) is 5.75 Å². The Balaban J connectivity index is 1.37. The molecule has 0 aliphatic carbocycles. The predicted octanol–water partition coefficient (Wildman–Crippen LogP) is 4.44. The van der Waals surface area contributed by atoms with E-state index in [0.29, 0.717) is 12.3 Å². The molecule has 6 heteroatoms. The normalized spacial score (nSPS) is 10.6. The second-order valence-corrected chi connectivity index (χ2v) is 7.05. The van der Waals surface area contributed by atoms with E-state index in [0.717, 1.165) is 16.9 Å². The average molecular weight is 415 g/mol. The molecule has 3 rings (SSSR count). The molecule has 0 saturated carbocycles. The third kappa shape index (κ3) is 7.78. The van der Waals surface area contributed by atoms with E-state index in [1.54, 1.807) is 18.3 Å². The fourth-order valence-electron chi connectivity index (χ4n) is 2.71. The monoisotopic (exact) mass is 415 g/mol. The molecule has 158 valence electrons. The van der Waals surface area contributed by atoms with E-state index in [4.69, 9.17) is 4.74 Å². The van der Waals surface area contributed by atoms with Crippen LogP contribution in [-0.2, 0) is 16.2 Å². The molecule has 0 atom stereocenters. The number of hydrogen-bond acceptors (Lipinski definition) is 4. The van der Waals surface area contributed by atoms with Gasteiger partial charge in [0.05, 0.1) is 6.21 Å². The van der Waals surface area contributed by atoms with Crippen molar-refractivity contribution in [2.45, 2.75) is 26.4 Å². The number of benzene rings is 3. The Kier molecular flexibility index (Phi) is 7.94. The van der Waals surface area contributed by atoms with Crippen LogP contribution < -0.4 is 15.5 Å². The molecule has 0 saturated heterocycles. The standard InChI is InChI=1S/C25H25N3O3/c1-19-7-9-21(10-8-19)18-31-23-13-11-20(12-14-23)17-26-28-25(30)16-15-24(29)27-22-5-3-2-4-6-22/h2-14,17H,15-16,18H2,1H3,(H,27,29)(H,28,30). The van der Waals surface area contributed by atoms with Crippen molar-refractivity contribution >= 4 is 23.7 Å². The van der Waals surface area contributed by atoms with E-state index in [1.807, 2.05) is 54.6 Å². The minimum atomic E-state index is -0.322. The second kappa shape index (κ2) is 11.3. The maximum atomic E-state index is 11.9. The number of hydrazone groups is 1. The summed E-state index contributed by atoms with van der Waals surface area (Å²) in [7, 11) is 0. The number of anilines is 1. The number of aryl methyl sites for hydroxylation is 1. The molecule has 0 aliphatic rings. The average Bonchev–Trinajstić information content (AvgIpc) is 2.79. The third-order valence-corrected chi connectivity index (χ3v) is 4.45. The molecular weight excluding hydrogens is 390 g/mol. The van der Waals surface area contributed by atoms with Crippen LogP contribution in [0.15, 0.2) is 84.0 Å². The maximum absolute atomic E-state index is 11.9. The molecule has 0 spiro atoms. The lowest BCUT2D eigenvalue weighted by Crippen LogP contribution is -2.20. The highest BCUT2D eigenvalue weighted by Gasteiger charge is 2.06. The summed E-state index contributed by atoms with van der Waals surface area (Å²) in [5, 5.41) is 6.68. The highest BCUT2D eigenvalue weighted by Crippen LogP contribution is 2.14. The number of amides is 2. The summed E-state index contributed by atoms with van der Waals surface area (Å²) in [6.07, 6.45) is 1.69. The molecule has 0 aromatic heterocycles. The van der Waals surface area contributed by atoms with Crippen molar-refractivity contribution in [3.8, 4) is 5.75 Å².